The van der Waals surface area contributed by atoms with Crippen LogP contribution in [0.3, 0.4) is 0 Å². The highest BCUT2D eigenvalue weighted by Gasteiger charge is 2.35. The van der Waals surface area contributed by atoms with Crippen molar-refractivity contribution in [2.24, 2.45) is 0 Å². The highest BCUT2D eigenvalue weighted by atomic mass is 35.5. The van der Waals surface area contributed by atoms with E-state index >= 15 is 0 Å². The van der Waals surface area contributed by atoms with E-state index < -0.39 is 45.3 Å². The lowest BCUT2D eigenvalue weighted by Crippen LogP contribution is -2.42. The van der Waals surface area contributed by atoms with Crippen LogP contribution in [0.2, 0.25) is 5.02 Å². The van der Waals surface area contributed by atoms with E-state index in [0.717, 1.165) is 35.1 Å². The number of aryl methyl sites for hydroxylation is 1. The number of alkyl halides is 3. The molecule has 0 saturated heterocycles. The Balaban J connectivity index is 1.95. The third kappa shape index (κ3) is 6.09. The minimum absolute atomic E-state index is 0.318. The fraction of sp³-hybridized carbons (Fsp3) is 0.208. The molecule has 0 aliphatic carbocycles. The molecule has 0 heterocycles. The van der Waals surface area contributed by atoms with Crippen LogP contribution in [0.1, 0.15) is 28.3 Å². The Kier molecular flexibility index (Phi) is 7.57. The monoisotopic (exact) mass is 510 g/mol. The van der Waals surface area contributed by atoms with E-state index in [1.165, 1.54) is 0 Å². The van der Waals surface area contributed by atoms with Gasteiger partial charge in [0.25, 0.3) is 0 Å². The number of carbonyl (C=O) groups is 1. The number of carbonyl (C=O) groups excluding carboxylic acids is 1. The van der Waals surface area contributed by atoms with Crippen molar-refractivity contribution in [3.05, 3.63) is 100 Å². The van der Waals surface area contributed by atoms with Gasteiger partial charge in [0.15, 0.2) is 0 Å². The highest BCUT2D eigenvalue weighted by molar-refractivity contribution is 7.92. The number of anilines is 1. The van der Waals surface area contributed by atoms with Crippen LogP contribution in [0.25, 0.3) is 0 Å². The summed E-state index contributed by atoms with van der Waals surface area (Å²) in [6, 6.07) is 18.6. The molecule has 10 heteroatoms. The first-order valence-corrected chi connectivity index (χ1v) is 12.3. The van der Waals surface area contributed by atoms with Gasteiger partial charge in [-0.1, -0.05) is 66.2 Å². The number of nitrogens with one attached hydrogen (secondary N) is 1. The third-order valence-electron chi connectivity index (χ3n) is 5.17. The fourth-order valence-electron chi connectivity index (χ4n) is 3.52. The standard InChI is InChI=1S/C24H22ClF3N2O3S/c1-16-8-6-7-11-19(16)23(17-9-4-3-5-10-17)29-22(31)15-30(34(2,32)33)18-12-13-21(25)20(14-18)24(26,27)28/h3-14,23H,15H2,1-2H3,(H,29,31)/t23-/m1/s1. The summed E-state index contributed by atoms with van der Waals surface area (Å²) in [5.74, 6) is -0.689. The Morgan fingerprint density at radius 2 is 1.65 bits per heavy atom. The summed E-state index contributed by atoms with van der Waals surface area (Å²) >= 11 is 5.66. The van der Waals surface area contributed by atoms with E-state index in [4.69, 9.17) is 11.6 Å². The Morgan fingerprint density at radius 1 is 1.03 bits per heavy atom. The predicted molar refractivity (Wildman–Crippen MR) is 126 cm³/mol. The van der Waals surface area contributed by atoms with Gasteiger partial charge in [-0.15, -0.1) is 0 Å². The molecule has 3 aromatic rings. The van der Waals surface area contributed by atoms with Crippen molar-refractivity contribution in [1.29, 1.82) is 0 Å². The Labute approximate surface area is 201 Å². The van der Waals surface area contributed by atoms with Gasteiger partial charge in [-0.3, -0.25) is 9.10 Å². The molecule has 0 saturated carbocycles. The van der Waals surface area contributed by atoms with Crippen LogP contribution in [-0.4, -0.2) is 27.1 Å². The minimum Gasteiger partial charge on any atom is -0.344 e. The molecule has 1 atom stereocenters. The number of sulfonamides is 1. The van der Waals surface area contributed by atoms with Crippen LogP contribution in [-0.2, 0) is 21.0 Å². The molecule has 0 fully saturated rings. The maximum absolute atomic E-state index is 13.3. The van der Waals surface area contributed by atoms with Crippen molar-refractivity contribution in [1.82, 2.24) is 5.32 Å². The first-order valence-electron chi connectivity index (χ1n) is 10.1. The lowest BCUT2D eigenvalue weighted by Gasteiger charge is -2.26. The van der Waals surface area contributed by atoms with Crippen LogP contribution in [0, 0.1) is 6.92 Å². The van der Waals surface area contributed by atoms with Gasteiger partial charge in [-0.25, -0.2) is 8.42 Å². The molecule has 0 bridgehead atoms. The molecule has 0 spiro atoms. The fourth-order valence-corrected chi connectivity index (χ4v) is 4.59. The molecule has 0 aromatic heterocycles. The summed E-state index contributed by atoms with van der Waals surface area (Å²) in [6.07, 6.45) is -3.97. The third-order valence-corrected chi connectivity index (χ3v) is 6.64. The van der Waals surface area contributed by atoms with Crippen LogP contribution < -0.4 is 9.62 Å². The quantitative estimate of drug-likeness (QED) is 0.466. The normalized spacial score (nSPS) is 12.8. The van der Waals surface area contributed by atoms with Gasteiger partial charge in [0.1, 0.15) is 6.54 Å². The van der Waals surface area contributed by atoms with E-state index in [1.807, 2.05) is 61.5 Å². The number of amides is 1. The molecule has 3 aromatic carbocycles. The van der Waals surface area contributed by atoms with Gasteiger partial charge in [-0.05, 0) is 41.8 Å². The van der Waals surface area contributed by atoms with Crippen LogP contribution in [0.4, 0.5) is 18.9 Å². The van der Waals surface area contributed by atoms with Crippen molar-refractivity contribution >= 4 is 33.2 Å². The first-order chi connectivity index (χ1) is 15.9. The van der Waals surface area contributed by atoms with Crippen molar-refractivity contribution < 1.29 is 26.4 Å². The molecule has 3 rings (SSSR count). The molecular formula is C24H22ClF3N2O3S. The summed E-state index contributed by atoms with van der Waals surface area (Å²) < 4.78 is 65.4. The lowest BCUT2D eigenvalue weighted by molar-refractivity contribution is -0.137. The average molecular weight is 511 g/mol. The maximum Gasteiger partial charge on any atom is 0.417 e. The van der Waals surface area contributed by atoms with E-state index in [-0.39, 0.29) is 5.69 Å². The van der Waals surface area contributed by atoms with Crippen molar-refractivity contribution in [2.45, 2.75) is 19.1 Å². The molecule has 0 aliphatic heterocycles. The van der Waals surface area contributed by atoms with Crippen LogP contribution >= 0.6 is 11.6 Å². The van der Waals surface area contributed by atoms with E-state index in [2.05, 4.69) is 5.32 Å². The Morgan fingerprint density at radius 3 is 2.24 bits per heavy atom. The topological polar surface area (TPSA) is 66.5 Å². The Hall–Kier alpha value is -3.04. The summed E-state index contributed by atoms with van der Waals surface area (Å²) in [4.78, 5) is 13.0. The number of benzene rings is 3. The van der Waals surface area contributed by atoms with Crippen molar-refractivity contribution in [2.75, 3.05) is 17.1 Å². The molecule has 0 aliphatic rings. The second-order valence-corrected chi connectivity index (χ2v) is 10.0. The van der Waals surface area contributed by atoms with Crippen molar-refractivity contribution in [3.8, 4) is 0 Å². The lowest BCUT2D eigenvalue weighted by atomic mass is 9.95. The van der Waals surface area contributed by atoms with Gasteiger partial charge in [-0.2, -0.15) is 13.2 Å². The largest absolute Gasteiger partial charge is 0.417 e. The number of nitrogens with zero attached hydrogens (tertiary/aromatic N) is 1. The van der Waals surface area contributed by atoms with Crippen LogP contribution in [0.5, 0.6) is 0 Å². The summed E-state index contributed by atoms with van der Waals surface area (Å²) in [6.45, 7) is 1.17. The zero-order valence-electron chi connectivity index (χ0n) is 18.3. The zero-order valence-corrected chi connectivity index (χ0v) is 19.9. The number of halogens is 4. The molecule has 1 amide bonds. The second-order valence-electron chi connectivity index (χ2n) is 7.70. The van der Waals surface area contributed by atoms with Gasteiger partial charge < -0.3 is 5.32 Å². The molecule has 34 heavy (non-hydrogen) atoms. The minimum atomic E-state index is -4.79. The predicted octanol–water partition coefficient (Wildman–Crippen LogP) is 5.34. The van der Waals surface area contributed by atoms with E-state index in [9.17, 15) is 26.4 Å². The number of hydrogen-bond acceptors (Lipinski definition) is 3. The zero-order chi connectivity index (χ0) is 25.1. The van der Waals surface area contributed by atoms with Gasteiger partial charge in [0, 0.05) is 0 Å². The smallest absolute Gasteiger partial charge is 0.344 e. The van der Waals surface area contributed by atoms with E-state index in [0.29, 0.717) is 10.4 Å². The number of hydrogen-bond donors (Lipinski definition) is 1. The SMILES string of the molecule is Cc1ccccc1[C@H](NC(=O)CN(c1ccc(Cl)c(C(F)(F)F)c1)S(C)(=O)=O)c1ccccc1. The average Bonchev–Trinajstić information content (AvgIpc) is 2.76. The van der Waals surface area contributed by atoms with Gasteiger partial charge in [0.05, 0.1) is 28.6 Å². The molecule has 5 nitrogen and oxygen atoms in total. The molecule has 0 radical (unpaired) electrons. The highest BCUT2D eigenvalue weighted by Crippen LogP contribution is 2.37. The summed E-state index contributed by atoms with van der Waals surface area (Å²) in [5.41, 5.74) is 0.967. The molecule has 0 unspecified atom stereocenters. The van der Waals surface area contributed by atoms with Gasteiger partial charge in [0.2, 0.25) is 15.9 Å². The molecular weight excluding hydrogens is 489 g/mol. The molecule has 180 valence electrons. The van der Waals surface area contributed by atoms with Crippen LogP contribution in [0.15, 0.2) is 72.8 Å². The Bertz CT molecular complexity index is 1280. The first kappa shape index (κ1) is 25.6. The van der Waals surface area contributed by atoms with E-state index in [1.54, 1.807) is 0 Å². The number of rotatable bonds is 7. The maximum atomic E-state index is 13.3. The molecule has 1 N–H and O–H groups in total. The summed E-state index contributed by atoms with van der Waals surface area (Å²) in [7, 11) is -4.10. The summed E-state index contributed by atoms with van der Waals surface area (Å²) in [5, 5.41) is 2.25. The second kappa shape index (κ2) is 10.1. The van der Waals surface area contributed by atoms with Gasteiger partial charge >= 0.3 is 6.18 Å². The van der Waals surface area contributed by atoms with Crippen molar-refractivity contribution in [3.63, 3.8) is 0 Å².